The smallest absolute Gasteiger partial charge is 0.409 e. The molecule has 0 spiro atoms. The molecule has 1 aromatic carbocycles. The van der Waals surface area contributed by atoms with E-state index in [1.165, 1.54) is 0 Å². The summed E-state index contributed by atoms with van der Waals surface area (Å²) in [4.78, 5) is 10.3. The quantitative estimate of drug-likeness (QED) is 0.555. The molecule has 0 unspecified atom stereocenters. The fraction of sp³-hybridized carbons (Fsp3) is 0.125. The van der Waals surface area contributed by atoms with E-state index in [0.29, 0.717) is 11.4 Å². The van der Waals surface area contributed by atoms with Gasteiger partial charge in [0.1, 0.15) is 0 Å². The molecule has 4 N–H and O–H groups in total. The molecule has 0 aromatic heterocycles. The molecule has 4 nitrogen and oxygen atoms in total. The monoisotopic (exact) mass is 166 g/mol. The molecule has 4 heteroatoms. The van der Waals surface area contributed by atoms with Crippen LogP contribution in [-0.2, 0) is 0 Å². The highest BCUT2D eigenvalue weighted by Gasteiger charge is 2.01. The van der Waals surface area contributed by atoms with Gasteiger partial charge in [0.25, 0.3) is 0 Å². The summed E-state index contributed by atoms with van der Waals surface area (Å²) >= 11 is 0. The molecule has 64 valence electrons. The van der Waals surface area contributed by atoms with Crippen LogP contribution in [0.3, 0.4) is 0 Å². The van der Waals surface area contributed by atoms with Crippen molar-refractivity contribution in [3.05, 3.63) is 23.8 Å². The normalized spacial score (nSPS) is 9.42. The van der Waals surface area contributed by atoms with Gasteiger partial charge in [-0.05, 0) is 24.6 Å². The highest BCUT2D eigenvalue weighted by Crippen LogP contribution is 2.17. The maximum Gasteiger partial charge on any atom is 0.409 e. The number of carboxylic acid groups (broad SMARTS) is 1. The summed E-state index contributed by atoms with van der Waals surface area (Å²) in [7, 11) is 0. The molecule has 12 heavy (non-hydrogen) atoms. The van der Waals surface area contributed by atoms with Gasteiger partial charge in [-0.3, -0.25) is 5.32 Å². The minimum absolute atomic E-state index is 0.530. The molecule has 1 aromatic rings. The second-order valence-corrected chi connectivity index (χ2v) is 2.50. The van der Waals surface area contributed by atoms with Gasteiger partial charge in [0.15, 0.2) is 0 Å². The molecule has 0 saturated carbocycles. The van der Waals surface area contributed by atoms with E-state index in [2.05, 4.69) is 5.32 Å². The number of nitrogens with one attached hydrogen (secondary N) is 1. The lowest BCUT2D eigenvalue weighted by Gasteiger charge is -2.05. The predicted octanol–water partition coefficient (Wildman–Crippen LogP) is 1.67. The van der Waals surface area contributed by atoms with Crippen molar-refractivity contribution in [2.24, 2.45) is 0 Å². The summed E-state index contributed by atoms with van der Waals surface area (Å²) in [6.07, 6.45) is -1.08. The van der Waals surface area contributed by atoms with Crippen LogP contribution in [0.15, 0.2) is 18.2 Å². The van der Waals surface area contributed by atoms with E-state index in [-0.39, 0.29) is 0 Å². The van der Waals surface area contributed by atoms with Crippen molar-refractivity contribution in [1.82, 2.24) is 0 Å². The van der Waals surface area contributed by atoms with E-state index < -0.39 is 6.09 Å². The van der Waals surface area contributed by atoms with Crippen molar-refractivity contribution in [1.29, 1.82) is 0 Å². The first-order valence-electron chi connectivity index (χ1n) is 3.45. The fourth-order valence-corrected chi connectivity index (χ4v) is 0.889. The molecule has 0 atom stereocenters. The number of benzene rings is 1. The molecule has 0 heterocycles. The number of aryl methyl sites for hydroxylation is 1. The number of carbonyl (C=O) groups is 1. The third-order valence-electron chi connectivity index (χ3n) is 1.50. The molecular weight excluding hydrogens is 156 g/mol. The third-order valence-corrected chi connectivity index (χ3v) is 1.50. The Morgan fingerprint density at radius 2 is 2.25 bits per heavy atom. The first kappa shape index (κ1) is 8.39. The van der Waals surface area contributed by atoms with Crippen LogP contribution in [0.25, 0.3) is 0 Å². The molecule has 0 bridgehead atoms. The van der Waals surface area contributed by atoms with Crippen molar-refractivity contribution in [2.45, 2.75) is 6.92 Å². The van der Waals surface area contributed by atoms with Crippen molar-refractivity contribution < 1.29 is 9.90 Å². The van der Waals surface area contributed by atoms with Crippen LogP contribution >= 0.6 is 0 Å². The molecule has 0 saturated heterocycles. The molecule has 0 aliphatic carbocycles. The summed E-state index contributed by atoms with van der Waals surface area (Å²) in [6.45, 7) is 1.81. The van der Waals surface area contributed by atoms with Crippen LogP contribution in [0.2, 0.25) is 0 Å². The fourth-order valence-electron chi connectivity index (χ4n) is 0.889. The summed E-state index contributed by atoms with van der Waals surface area (Å²) < 4.78 is 0. The van der Waals surface area contributed by atoms with E-state index in [1.807, 2.05) is 6.92 Å². The number of nitrogens with two attached hydrogens (primary N) is 1. The number of anilines is 2. The molecule has 0 aliphatic rings. The van der Waals surface area contributed by atoms with Crippen LogP contribution < -0.4 is 11.1 Å². The van der Waals surface area contributed by atoms with Gasteiger partial charge in [0.2, 0.25) is 0 Å². The number of rotatable bonds is 1. The Morgan fingerprint density at radius 3 is 2.83 bits per heavy atom. The van der Waals surface area contributed by atoms with Crippen molar-refractivity contribution in [3.63, 3.8) is 0 Å². The third kappa shape index (κ3) is 1.88. The van der Waals surface area contributed by atoms with Gasteiger partial charge in [-0.2, -0.15) is 0 Å². The number of nitrogen functional groups attached to an aromatic ring is 1. The van der Waals surface area contributed by atoms with Crippen molar-refractivity contribution in [2.75, 3.05) is 11.1 Å². The summed E-state index contributed by atoms with van der Waals surface area (Å²) in [5.74, 6) is 0. The van der Waals surface area contributed by atoms with Crippen molar-refractivity contribution in [3.8, 4) is 0 Å². The Balaban J connectivity index is 2.97. The molecule has 0 aliphatic heterocycles. The molecule has 1 amide bonds. The van der Waals surface area contributed by atoms with E-state index >= 15 is 0 Å². The first-order valence-corrected chi connectivity index (χ1v) is 3.45. The lowest BCUT2D eigenvalue weighted by molar-refractivity contribution is 0.209. The van der Waals surface area contributed by atoms with Gasteiger partial charge < -0.3 is 10.8 Å². The van der Waals surface area contributed by atoms with E-state index in [0.717, 1.165) is 5.56 Å². The summed E-state index contributed by atoms with van der Waals surface area (Å²) in [5.41, 5.74) is 7.40. The van der Waals surface area contributed by atoms with E-state index in [4.69, 9.17) is 10.8 Å². The minimum atomic E-state index is -1.08. The number of hydrogen-bond donors (Lipinski definition) is 3. The maximum atomic E-state index is 10.3. The number of amides is 1. The van der Waals surface area contributed by atoms with Crippen LogP contribution in [0.1, 0.15) is 5.56 Å². The molecular formula is C8H10N2O2. The Kier molecular flexibility index (Phi) is 2.19. The van der Waals surface area contributed by atoms with Gasteiger partial charge >= 0.3 is 6.09 Å². The Bertz CT molecular complexity index is 310. The lowest BCUT2D eigenvalue weighted by Crippen LogP contribution is -2.08. The molecule has 0 fully saturated rings. The van der Waals surface area contributed by atoms with Gasteiger partial charge in [-0.1, -0.05) is 6.07 Å². The van der Waals surface area contributed by atoms with Gasteiger partial charge in [-0.15, -0.1) is 0 Å². The topological polar surface area (TPSA) is 75.3 Å². The Morgan fingerprint density at radius 1 is 1.58 bits per heavy atom. The summed E-state index contributed by atoms with van der Waals surface area (Å²) in [5, 5.41) is 10.7. The highest BCUT2D eigenvalue weighted by molar-refractivity contribution is 5.84. The van der Waals surface area contributed by atoms with Crippen LogP contribution in [0.4, 0.5) is 16.2 Å². The second kappa shape index (κ2) is 3.13. The SMILES string of the molecule is Cc1ccc(N)cc1NC(=O)O. The van der Waals surface area contributed by atoms with Crippen LogP contribution in [0, 0.1) is 6.92 Å². The van der Waals surface area contributed by atoms with Crippen molar-refractivity contribution >= 4 is 17.5 Å². The highest BCUT2D eigenvalue weighted by atomic mass is 16.4. The minimum Gasteiger partial charge on any atom is -0.465 e. The number of hydrogen-bond acceptors (Lipinski definition) is 2. The zero-order valence-corrected chi connectivity index (χ0v) is 6.66. The van der Waals surface area contributed by atoms with Gasteiger partial charge in [0, 0.05) is 11.4 Å². The second-order valence-electron chi connectivity index (χ2n) is 2.50. The summed E-state index contributed by atoms with van der Waals surface area (Å²) in [6, 6.07) is 5.08. The standard InChI is InChI=1S/C8H10N2O2/c1-5-2-3-6(9)4-7(5)10-8(11)12/h2-4,10H,9H2,1H3,(H,11,12). The van der Waals surface area contributed by atoms with E-state index in [9.17, 15) is 4.79 Å². The van der Waals surface area contributed by atoms with Crippen LogP contribution in [-0.4, -0.2) is 11.2 Å². The zero-order chi connectivity index (χ0) is 9.14. The van der Waals surface area contributed by atoms with Crippen LogP contribution in [0.5, 0.6) is 0 Å². The maximum absolute atomic E-state index is 10.3. The molecule has 0 radical (unpaired) electrons. The largest absolute Gasteiger partial charge is 0.465 e. The Hall–Kier alpha value is -1.71. The lowest BCUT2D eigenvalue weighted by atomic mass is 10.2. The average Bonchev–Trinajstić information content (AvgIpc) is 1.96. The van der Waals surface area contributed by atoms with E-state index in [1.54, 1.807) is 18.2 Å². The zero-order valence-electron chi connectivity index (χ0n) is 6.66. The predicted molar refractivity (Wildman–Crippen MR) is 47.2 cm³/mol. The first-order chi connectivity index (χ1) is 5.59. The average molecular weight is 166 g/mol. The van der Waals surface area contributed by atoms with Gasteiger partial charge in [-0.25, -0.2) is 4.79 Å². The van der Waals surface area contributed by atoms with Gasteiger partial charge in [0.05, 0.1) is 0 Å². The molecule has 1 rings (SSSR count). The Labute approximate surface area is 70.0 Å².